The van der Waals surface area contributed by atoms with E-state index in [2.05, 4.69) is 15.4 Å². The fourth-order valence-electron chi connectivity index (χ4n) is 1.43. The highest BCUT2D eigenvalue weighted by atomic mass is 16.5. The number of hydrogen-bond donors (Lipinski definition) is 3. The van der Waals surface area contributed by atoms with Crippen LogP contribution >= 0.6 is 0 Å². The van der Waals surface area contributed by atoms with E-state index in [0.717, 1.165) is 6.20 Å². The van der Waals surface area contributed by atoms with E-state index in [4.69, 9.17) is 5.26 Å². The molecule has 1 aromatic carbocycles. The molecule has 0 saturated carbocycles. The Morgan fingerprint density at radius 2 is 2.19 bits per heavy atom. The quantitative estimate of drug-likeness (QED) is 0.320. The first-order valence-electron chi connectivity index (χ1n) is 5.99. The third kappa shape index (κ3) is 4.87. The molecule has 0 unspecified atom stereocenters. The van der Waals surface area contributed by atoms with E-state index < -0.39 is 11.9 Å². The number of hydrogen-bond acceptors (Lipinski definition) is 6. The Kier molecular flexibility index (Phi) is 5.77. The molecular formula is C14H15N3O4. The molecule has 0 aromatic heterocycles. The molecule has 0 spiro atoms. The zero-order chi connectivity index (χ0) is 15.8. The molecule has 21 heavy (non-hydrogen) atoms. The van der Waals surface area contributed by atoms with Crippen LogP contribution in [0.3, 0.4) is 0 Å². The van der Waals surface area contributed by atoms with E-state index >= 15 is 0 Å². The summed E-state index contributed by atoms with van der Waals surface area (Å²) in [5.41, 5.74) is 0.946. The second-order valence-corrected chi connectivity index (χ2v) is 4.08. The monoisotopic (exact) mass is 289 g/mol. The summed E-state index contributed by atoms with van der Waals surface area (Å²) in [6, 6.07) is 6.17. The van der Waals surface area contributed by atoms with Gasteiger partial charge in [-0.15, -0.1) is 0 Å². The van der Waals surface area contributed by atoms with Gasteiger partial charge in [0.15, 0.2) is 0 Å². The Morgan fingerprint density at radius 3 is 2.76 bits per heavy atom. The molecule has 0 fully saturated rings. The zero-order valence-electron chi connectivity index (χ0n) is 11.6. The molecule has 0 saturated heterocycles. The van der Waals surface area contributed by atoms with Gasteiger partial charge in [0.1, 0.15) is 23.9 Å². The van der Waals surface area contributed by atoms with Crippen molar-refractivity contribution >= 4 is 17.6 Å². The Balaban J connectivity index is 2.73. The van der Waals surface area contributed by atoms with Crippen molar-refractivity contribution < 1.29 is 19.4 Å². The summed E-state index contributed by atoms with van der Waals surface area (Å²) < 4.78 is 4.41. The molecule has 0 bridgehead atoms. The Morgan fingerprint density at radius 1 is 1.48 bits per heavy atom. The number of ether oxygens (including phenoxy) is 1. The van der Waals surface area contributed by atoms with Crippen LogP contribution in [0, 0.1) is 18.3 Å². The maximum atomic E-state index is 11.9. The third-order valence-electron chi connectivity index (χ3n) is 2.54. The summed E-state index contributed by atoms with van der Waals surface area (Å²) in [4.78, 5) is 22.8. The summed E-state index contributed by atoms with van der Waals surface area (Å²) in [7, 11) is 1.24. The molecule has 110 valence electrons. The highest BCUT2D eigenvalue weighted by molar-refractivity contribution is 6.06. The van der Waals surface area contributed by atoms with Gasteiger partial charge in [-0.05, 0) is 30.7 Å². The van der Waals surface area contributed by atoms with Gasteiger partial charge in [0, 0.05) is 11.9 Å². The topological polar surface area (TPSA) is 111 Å². The minimum absolute atomic E-state index is 0.0845. The number of carbonyl (C=O) groups excluding carboxylic acids is 2. The van der Waals surface area contributed by atoms with Crippen LogP contribution in [0.4, 0.5) is 5.69 Å². The largest absolute Gasteiger partial charge is 0.508 e. The van der Waals surface area contributed by atoms with E-state index in [1.165, 1.54) is 25.3 Å². The van der Waals surface area contributed by atoms with E-state index in [0.29, 0.717) is 11.3 Å². The van der Waals surface area contributed by atoms with Crippen molar-refractivity contribution in [1.29, 1.82) is 5.26 Å². The summed E-state index contributed by atoms with van der Waals surface area (Å²) in [5.74, 6) is -1.05. The van der Waals surface area contributed by atoms with Crippen LogP contribution in [0.1, 0.15) is 5.56 Å². The first-order valence-corrected chi connectivity index (χ1v) is 5.99. The van der Waals surface area contributed by atoms with Gasteiger partial charge >= 0.3 is 5.97 Å². The number of amides is 1. The van der Waals surface area contributed by atoms with Gasteiger partial charge in [0.05, 0.1) is 7.11 Å². The predicted octanol–water partition coefficient (Wildman–Crippen LogP) is 0.809. The molecule has 0 aliphatic rings. The summed E-state index contributed by atoms with van der Waals surface area (Å²) in [5, 5.41) is 23.3. The number of esters is 1. The van der Waals surface area contributed by atoms with Crippen LogP contribution < -0.4 is 10.6 Å². The maximum absolute atomic E-state index is 11.9. The summed E-state index contributed by atoms with van der Waals surface area (Å²) >= 11 is 0. The number of aryl methyl sites for hydroxylation is 1. The van der Waals surface area contributed by atoms with Crippen LogP contribution in [-0.4, -0.2) is 30.6 Å². The van der Waals surface area contributed by atoms with Crippen molar-refractivity contribution in [2.75, 3.05) is 19.0 Å². The highest BCUT2D eigenvalue weighted by Crippen LogP contribution is 2.20. The fraction of sp³-hybridized carbons (Fsp3) is 0.214. The Bertz CT molecular complexity index is 617. The lowest BCUT2D eigenvalue weighted by atomic mass is 10.2. The molecule has 0 heterocycles. The minimum Gasteiger partial charge on any atom is -0.508 e. The molecule has 1 rings (SSSR count). The maximum Gasteiger partial charge on any atom is 0.325 e. The molecule has 1 aromatic rings. The Hall–Kier alpha value is -3.01. The van der Waals surface area contributed by atoms with Crippen LogP contribution in [0.2, 0.25) is 0 Å². The van der Waals surface area contributed by atoms with Gasteiger partial charge in [0.2, 0.25) is 0 Å². The van der Waals surface area contributed by atoms with Gasteiger partial charge < -0.3 is 20.5 Å². The normalized spacial score (nSPS) is 10.4. The number of anilines is 1. The average Bonchev–Trinajstić information content (AvgIpc) is 2.46. The minimum atomic E-state index is -0.622. The zero-order valence-corrected chi connectivity index (χ0v) is 11.6. The standard InChI is InChI=1S/C14H15N3O4/c1-9-5-11(18)3-4-12(9)17-14(20)10(6-15)7-16-8-13(19)21-2/h3-5,7,16,18H,8H2,1-2H3,(H,17,20)/b10-7-. The van der Waals surface area contributed by atoms with Gasteiger partial charge in [-0.25, -0.2) is 0 Å². The number of methoxy groups -OCH3 is 1. The molecule has 0 atom stereocenters. The van der Waals surface area contributed by atoms with Crippen LogP contribution in [0.5, 0.6) is 5.75 Å². The number of benzene rings is 1. The lowest BCUT2D eigenvalue weighted by molar-refractivity contribution is -0.139. The average molecular weight is 289 g/mol. The van der Waals surface area contributed by atoms with E-state index in [1.807, 2.05) is 0 Å². The van der Waals surface area contributed by atoms with Crippen molar-refractivity contribution in [1.82, 2.24) is 5.32 Å². The number of nitriles is 1. The molecule has 0 aliphatic carbocycles. The summed E-state index contributed by atoms with van der Waals surface area (Å²) in [6.07, 6.45) is 1.14. The SMILES string of the molecule is COC(=O)CN/C=C(/C#N)C(=O)Nc1ccc(O)cc1C. The molecule has 1 amide bonds. The van der Waals surface area contributed by atoms with Crippen molar-refractivity contribution in [3.63, 3.8) is 0 Å². The smallest absolute Gasteiger partial charge is 0.325 e. The molecular weight excluding hydrogens is 274 g/mol. The first-order chi connectivity index (χ1) is 9.97. The van der Waals surface area contributed by atoms with Crippen LogP contribution in [-0.2, 0) is 14.3 Å². The van der Waals surface area contributed by atoms with Gasteiger partial charge in [-0.2, -0.15) is 5.26 Å². The highest BCUT2D eigenvalue weighted by Gasteiger charge is 2.11. The van der Waals surface area contributed by atoms with Crippen molar-refractivity contribution in [2.24, 2.45) is 0 Å². The first kappa shape index (κ1) is 16.0. The summed E-state index contributed by atoms with van der Waals surface area (Å²) in [6.45, 7) is 1.56. The molecule has 7 nitrogen and oxygen atoms in total. The molecule has 7 heteroatoms. The van der Waals surface area contributed by atoms with E-state index in [1.54, 1.807) is 13.0 Å². The lowest BCUT2D eigenvalue weighted by Crippen LogP contribution is -2.22. The number of carbonyl (C=O) groups is 2. The van der Waals surface area contributed by atoms with Crippen molar-refractivity contribution in [2.45, 2.75) is 6.92 Å². The van der Waals surface area contributed by atoms with E-state index in [-0.39, 0.29) is 17.9 Å². The van der Waals surface area contributed by atoms with Gasteiger partial charge in [-0.3, -0.25) is 9.59 Å². The third-order valence-corrected chi connectivity index (χ3v) is 2.54. The number of nitrogens with zero attached hydrogens (tertiary/aromatic N) is 1. The van der Waals surface area contributed by atoms with Gasteiger partial charge in [-0.1, -0.05) is 0 Å². The second kappa shape index (κ2) is 7.55. The predicted molar refractivity (Wildman–Crippen MR) is 75.2 cm³/mol. The number of aromatic hydroxyl groups is 1. The number of phenols is 1. The lowest BCUT2D eigenvalue weighted by Gasteiger charge is -2.08. The van der Waals surface area contributed by atoms with Crippen LogP contribution in [0.25, 0.3) is 0 Å². The van der Waals surface area contributed by atoms with E-state index in [9.17, 15) is 14.7 Å². The fourth-order valence-corrected chi connectivity index (χ4v) is 1.43. The second-order valence-electron chi connectivity index (χ2n) is 4.08. The van der Waals surface area contributed by atoms with Gasteiger partial charge in [0.25, 0.3) is 5.91 Å². The molecule has 0 radical (unpaired) electrons. The number of nitrogens with one attached hydrogen (secondary N) is 2. The number of phenolic OH excluding ortho intramolecular Hbond substituents is 1. The molecule has 3 N–H and O–H groups in total. The molecule has 0 aliphatic heterocycles. The van der Waals surface area contributed by atoms with Crippen LogP contribution in [0.15, 0.2) is 30.0 Å². The Labute approximate surface area is 121 Å². The van der Waals surface area contributed by atoms with Crippen molar-refractivity contribution in [3.05, 3.63) is 35.5 Å². The number of rotatable bonds is 5. The van der Waals surface area contributed by atoms with Crippen molar-refractivity contribution in [3.8, 4) is 11.8 Å².